The molecule has 0 radical (unpaired) electrons. The van der Waals surface area contributed by atoms with Crippen molar-refractivity contribution >= 4 is 11.6 Å². The summed E-state index contributed by atoms with van der Waals surface area (Å²) >= 11 is 0. The van der Waals surface area contributed by atoms with Crippen LogP contribution in [0.2, 0.25) is 0 Å². The van der Waals surface area contributed by atoms with Crippen molar-refractivity contribution < 1.29 is 4.79 Å². The summed E-state index contributed by atoms with van der Waals surface area (Å²) in [6, 6.07) is 8.22. The van der Waals surface area contributed by atoms with Crippen molar-refractivity contribution in [3.63, 3.8) is 0 Å². The van der Waals surface area contributed by atoms with E-state index in [0.717, 1.165) is 37.6 Å². The van der Waals surface area contributed by atoms with E-state index in [9.17, 15) is 4.79 Å². The van der Waals surface area contributed by atoms with Gasteiger partial charge in [-0.2, -0.15) is 0 Å². The standard InChI is InChI=1S/C16H18N4O/c21-16(13-9-15-18-6-7-19(15)11-13)20-8-5-17-14-4-2-1-3-12(14)10-20/h1-4,6-7,13,17H,5,8-11H2. The molecule has 1 N–H and O–H groups in total. The van der Waals surface area contributed by atoms with Crippen LogP contribution in [0.1, 0.15) is 11.4 Å². The van der Waals surface area contributed by atoms with Crippen LogP contribution in [0.15, 0.2) is 36.7 Å². The smallest absolute Gasteiger partial charge is 0.228 e. The maximum Gasteiger partial charge on any atom is 0.228 e. The van der Waals surface area contributed by atoms with Gasteiger partial charge >= 0.3 is 0 Å². The topological polar surface area (TPSA) is 50.2 Å². The number of para-hydroxylation sites is 1. The lowest BCUT2D eigenvalue weighted by Gasteiger charge is -2.23. The molecule has 4 rings (SSSR count). The summed E-state index contributed by atoms with van der Waals surface area (Å²) in [6.45, 7) is 3.02. The zero-order chi connectivity index (χ0) is 14.2. The van der Waals surface area contributed by atoms with Gasteiger partial charge in [0.25, 0.3) is 0 Å². The first kappa shape index (κ1) is 12.4. The average Bonchev–Trinajstić information content (AvgIpc) is 3.01. The normalized spacial score (nSPS) is 20.4. The minimum Gasteiger partial charge on any atom is -0.383 e. The van der Waals surface area contributed by atoms with Crippen molar-refractivity contribution in [2.45, 2.75) is 19.5 Å². The first-order valence-electron chi connectivity index (χ1n) is 7.42. The molecule has 108 valence electrons. The van der Waals surface area contributed by atoms with Crippen molar-refractivity contribution in [2.75, 3.05) is 18.4 Å². The van der Waals surface area contributed by atoms with Gasteiger partial charge in [-0.05, 0) is 11.6 Å². The molecule has 0 saturated heterocycles. The van der Waals surface area contributed by atoms with Gasteiger partial charge in [0.2, 0.25) is 5.91 Å². The second-order valence-corrected chi connectivity index (χ2v) is 5.74. The van der Waals surface area contributed by atoms with Crippen molar-refractivity contribution in [1.29, 1.82) is 0 Å². The van der Waals surface area contributed by atoms with Gasteiger partial charge in [0, 0.05) is 50.7 Å². The number of amides is 1. The van der Waals surface area contributed by atoms with Crippen LogP contribution < -0.4 is 5.32 Å². The molecule has 1 aromatic carbocycles. The summed E-state index contributed by atoms with van der Waals surface area (Å²) in [5.74, 6) is 1.32. The van der Waals surface area contributed by atoms with Gasteiger partial charge in [0.15, 0.2) is 0 Å². The molecular formula is C16H18N4O. The van der Waals surface area contributed by atoms with Crippen LogP contribution in [0, 0.1) is 5.92 Å². The molecule has 0 spiro atoms. The summed E-state index contributed by atoms with van der Waals surface area (Å²) in [5.41, 5.74) is 2.34. The number of anilines is 1. The molecule has 5 nitrogen and oxygen atoms in total. The number of carbonyl (C=O) groups is 1. The highest BCUT2D eigenvalue weighted by molar-refractivity contribution is 5.80. The molecule has 0 aliphatic carbocycles. The zero-order valence-corrected chi connectivity index (χ0v) is 11.8. The van der Waals surface area contributed by atoms with Gasteiger partial charge in [-0.3, -0.25) is 4.79 Å². The summed E-state index contributed by atoms with van der Waals surface area (Å²) in [4.78, 5) is 19.1. The molecule has 2 aromatic rings. The van der Waals surface area contributed by atoms with E-state index in [1.807, 2.05) is 29.4 Å². The second kappa shape index (κ2) is 4.91. The number of nitrogens with one attached hydrogen (secondary N) is 1. The van der Waals surface area contributed by atoms with Gasteiger partial charge < -0.3 is 14.8 Å². The molecule has 1 amide bonds. The van der Waals surface area contributed by atoms with Crippen LogP contribution >= 0.6 is 0 Å². The Morgan fingerprint density at radius 1 is 1.33 bits per heavy atom. The van der Waals surface area contributed by atoms with E-state index in [4.69, 9.17) is 0 Å². The molecule has 3 heterocycles. The first-order valence-corrected chi connectivity index (χ1v) is 7.42. The van der Waals surface area contributed by atoms with Gasteiger partial charge in [-0.25, -0.2) is 4.98 Å². The Kier molecular flexibility index (Phi) is 2.91. The van der Waals surface area contributed by atoms with Crippen LogP contribution in [0.4, 0.5) is 5.69 Å². The maximum absolute atomic E-state index is 12.8. The Labute approximate surface area is 123 Å². The number of carbonyl (C=O) groups excluding carboxylic acids is 1. The highest BCUT2D eigenvalue weighted by Gasteiger charge is 2.32. The van der Waals surface area contributed by atoms with Gasteiger partial charge in [-0.15, -0.1) is 0 Å². The summed E-state index contributed by atoms with van der Waals surface area (Å²) < 4.78 is 2.09. The number of fused-ring (bicyclic) bond motifs is 2. The molecule has 5 heteroatoms. The Bertz CT molecular complexity index is 658. The number of hydrogen-bond acceptors (Lipinski definition) is 3. The number of benzene rings is 1. The van der Waals surface area contributed by atoms with Crippen molar-refractivity contribution in [2.24, 2.45) is 5.92 Å². The molecule has 2 aliphatic rings. The van der Waals surface area contributed by atoms with E-state index in [-0.39, 0.29) is 11.8 Å². The highest BCUT2D eigenvalue weighted by Crippen LogP contribution is 2.24. The summed E-state index contributed by atoms with van der Waals surface area (Å²) in [7, 11) is 0. The zero-order valence-electron chi connectivity index (χ0n) is 11.8. The van der Waals surface area contributed by atoms with E-state index >= 15 is 0 Å². The average molecular weight is 282 g/mol. The van der Waals surface area contributed by atoms with Crippen LogP contribution in [-0.2, 0) is 24.3 Å². The van der Waals surface area contributed by atoms with Crippen LogP contribution in [0.25, 0.3) is 0 Å². The lowest BCUT2D eigenvalue weighted by molar-refractivity contribution is -0.135. The molecule has 1 aromatic heterocycles. The lowest BCUT2D eigenvalue weighted by atomic mass is 10.1. The van der Waals surface area contributed by atoms with Crippen molar-refractivity contribution in [3.05, 3.63) is 48.0 Å². The minimum atomic E-state index is 0.0407. The molecule has 1 unspecified atom stereocenters. The first-order chi connectivity index (χ1) is 10.3. The molecule has 21 heavy (non-hydrogen) atoms. The number of nitrogens with zero attached hydrogens (tertiary/aromatic N) is 3. The van der Waals surface area contributed by atoms with E-state index in [0.29, 0.717) is 6.54 Å². The number of hydrogen-bond donors (Lipinski definition) is 1. The predicted octanol–water partition coefficient (Wildman–Crippen LogP) is 1.51. The Hall–Kier alpha value is -2.30. The molecule has 0 fully saturated rings. The SMILES string of the molecule is O=C(C1Cc2nccn2C1)N1CCNc2ccccc2C1. The summed E-state index contributed by atoms with van der Waals surface area (Å²) in [6.07, 6.45) is 4.53. The van der Waals surface area contributed by atoms with Gasteiger partial charge in [-0.1, -0.05) is 18.2 Å². The van der Waals surface area contributed by atoms with Crippen LogP contribution in [0.5, 0.6) is 0 Å². The fourth-order valence-electron chi connectivity index (χ4n) is 3.27. The molecule has 0 saturated carbocycles. The Morgan fingerprint density at radius 2 is 2.24 bits per heavy atom. The largest absolute Gasteiger partial charge is 0.383 e. The lowest BCUT2D eigenvalue weighted by Crippen LogP contribution is -2.38. The third-order valence-electron chi connectivity index (χ3n) is 4.38. The highest BCUT2D eigenvalue weighted by atomic mass is 16.2. The molecule has 2 aliphatic heterocycles. The molecule has 0 bridgehead atoms. The van der Waals surface area contributed by atoms with Gasteiger partial charge in [0.05, 0.1) is 5.92 Å². The Morgan fingerprint density at radius 3 is 3.14 bits per heavy atom. The van der Waals surface area contributed by atoms with Crippen LogP contribution in [-0.4, -0.2) is 33.4 Å². The molecule has 1 atom stereocenters. The van der Waals surface area contributed by atoms with E-state index < -0.39 is 0 Å². The predicted molar refractivity (Wildman–Crippen MR) is 79.8 cm³/mol. The Balaban J connectivity index is 1.52. The fraction of sp³-hybridized carbons (Fsp3) is 0.375. The van der Waals surface area contributed by atoms with E-state index in [1.54, 1.807) is 0 Å². The van der Waals surface area contributed by atoms with E-state index in [2.05, 4.69) is 27.0 Å². The summed E-state index contributed by atoms with van der Waals surface area (Å²) in [5, 5.41) is 3.40. The number of rotatable bonds is 1. The minimum absolute atomic E-state index is 0.0407. The van der Waals surface area contributed by atoms with Gasteiger partial charge in [0.1, 0.15) is 5.82 Å². The number of imidazole rings is 1. The van der Waals surface area contributed by atoms with E-state index in [1.165, 1.54) is 5.56 Å². The third-order valence-corrected chi connectivity index (χ3v) is 4.38. The van der Waals surface area contributed by atoms with Crippen molar-refractivity contribution in [3.8, 4) is 0 Å². The molecular weight excluding hydrogens is 264 g/mol. The third kappa shape index (κ3) is 2.18. The second-order valence-electron chi connectivity index (χ2n) is 5.74. The maximum atomic E-state index is 12.8. The van der Waals surface area contributed by atoms with Crippen LogP contribution in [0.3, 0.4) is 0 Å². The number of aromatic nitrogens is 2. The monoisotopic (exact) mass is 282 g/mol. The quantitative estimate of drug-likeness (QED) is 0.862. The van der Waals surface area contributed by atoms with Crippen molar-refractivity contribution in [1.82, 2.24) is 14.5 Å². The fourth-order valence-corrected chi connectivity index (χ4v) is 3.27.